The molecule has 3 N–H and O–H groups in total. The van der Waals surface area contributed by atoms with Crippen molar-refractivity contribution in [3.8, 4) is 0 Å². The van der Waals surface area contributed by atoms with E-state index in [2.05, 4.69) is 20.6 Å². The molecule has 0 unspecified atom stereocenters. The maximum absolute atomic E-state index is 12.3. The fourth-order valence-corrected chi connectivity index (χ4v) is 3.01. The molecule has 0 saturated heterocycles. The maximum Gasteiger partial charge on any atom is 0.251 e. The Hall–Kier alpha value is -3.15. The van der Waals surface area contributed by atoms with E-state index in [-0.39, 0.29) is 17.7 Å². The van der Waals surface area contributed by atoms with Crippen molar-refractivity contribution in [1.82, 2.24) is 15.3 Å². The molecule has 1 aliphatic rings. The number of hydrogen-bond donors (Lipinski definition) is 3. The van der Waals surface area contributed by atoms with Gasteiger partial charge in [-0.3, -0.25) is 9.59 Å². The zero-order valence-electron chi connectivity index (χ0n) is 15.0. The van der Waals surface area contributed by atoms with E-state index in [1.807, 2.05) is 24.3 Å². The van der Waals surface area contributed by atoms with Gasteiger partial charge in [0.25, 0.3) is 5.91 Å². The maximum atomic E-state index is 12.3. The Balaban J connectivity index is 1.26. The fourth-order valence-electron chi connectivity index (χ4n) is 3.01. The van der Waals surface area contributed by atoms with E-state index in [0.717, 1.165) is 42.5 Å². The number of carbonyl (C=O) groups is 2. The average Bonchev–Trinajstić information content (AvgIpc) is 3.45. The van der Waals surface area contributed by atoms with Crippen LogP contribution in [-0.4, -0.2) is 28.3 Å². The largest absolute Gasteiger partial charge is 0.352 e. The van der Waals surface area contributed by atoms with Gasteiger partial charge in [-0.25, -0.2) is 4.98 Å². The highest BCUT2D eigenvalue weighted by Gasteiger charge is 2.29. The van der Waals surface area contributed by atoms with E-state index in [1.54, 1.807) is 24.3 Å². The smallest absolute Gasteiger partial charge is 0.251 e. The minimum absolute atomic E-state index is 0.0402. The molecule has 138 valence electrons. The van der Waals surface area contributed by atoms with Gasteiger partial charge in [0.2, 0.25) is 5.91 Å². The molecule has 1 saturated carbocycles. The predicted octanol–water partition coefficient (Wildman–Crippen LogP) is 3.27. The number of aromatic amines is 1. The number of imidazole rings is 1. The van der Waals surface area contributed by atoms with E-state index < -0.39 is 0 Å². The van der Waals surface area contributed by atoms with Gasteiger partial charge in [0.15, 0.2) is 0 Å². The van der Waals surface area contributed by atoms with Gasteiger partial charge in [-0.2, -0.15) is 0 Å². The summed E-state index contributed by atoms with van der Waals surface area (Å²) >= 11 is 0. The van der Waals surface area contributed by atoms with Crippen molar-refractivity contribution in [3.63, 3.8) is 0 Å². The number of anilines is 1. The van der Waals surface area contributed by atoms with Crippen molar-refractivity contribution in [3.05, 3.63) is 59.9 Å². The summed E-state index contributed by atoms with van der Waals surface area (Å²) in [4.78, 5) is 32.0. The molecule has 1 aromatic heterocycles. The Labute approximate surface area is 157 Å². The number of para-hydroxylation sites is 2. The van der Waals surface area contributed by atoms with Crippen LogP contribution in [0, 0.1) is 5.92 Å². The first-order valence-corrected chi connectivity index (χ1v) is 9.32. The Morgan fingerprint density at radius 1 is 1.11 bits per heavy atom. The summed E-state index contributed by atoms with van der Waals surface area (Å²) in [5.74, 6) is 0.969. The van der Waals surface area contributed by atoms with Gasteiger partial charge in [0, 0.05) is 30.1 Å². The van der Waals surface area contributed by atoms with Crippen LogP contribution in [0.2, 0.25) is 0 Å². The lowest BCUT2D eigenvalue weighted by atomic mass is 10.1. The topological polar surface area (TPSA) is 86.9 Å². The number of H-pyrrole nitrogens is 1. The van der Waals surface area contributed by atoms with Gasteiger partial charge in [-0.05, 0) is 49.6 Å². The van der Waals surface area contributed by atoms with Gasteiger partial charge < -0.3 is 15.6 Å². The van der Waals surface area contributed by atoms with Crippen molar-refractivity contribution in [1.29, 1.82) is 0 Å². The van der Waals surface area contributed by atoms with Crippen molar-refractivity contribution >= 4 is 28.5 Å². The summed E-state index contributed by atoms with van der Waals surface area (Å²) < 4.78 is 0. The molecule has 1 fully saturated rings. The monoisotopic (exact) mass is 362 g/mol. The molecule has 0 radical (unpaired) electrons. The molecule has 0 aliphatic heterocycles. The van der Waals surface area contributed by atoms with Crippen LogP contribution in [0.5, 0.6) is 0 Å². The molecule has 27 heavy (non-hydrogen) atoms. The number of fused-ring (bicyclic) bond motifs is 1. The first-order valence-electron chi connectivity index (χ1n) is 9.32. The first kappa shape index (κ1) is 17.3. The van der Waals surface area contributed by atoms with E-state index >= 15 is 0 Å². The Bertz CT molecular complexity index is 942. The highest BCUT2D eigenvalue weighted by atomic mass is 16.2. The molecule has 1 heterocycles. The van der Waals surface area contributed by atoms with Crippen LogP contribution in [0.25, 0.3) is 11.0 Å². The summed E-state index contributed by atoms with van der Waals surface area (Å²) in [6, 6.07) is 15.0. The Kier molecular flexibility index (Phi) is 4.87. The number of amides is 2. The molecule has 0 atom stereocenters. The molecular weight excluding hydrogens is 340 g/mol. The molecule has 2 aromatic carbocycles. The van der Waals surface area contributed by atoms with E-state index in [0.29, 0.717) is 17.8 Å². The van der Waals surface area contributed by atoms with E-state index in [9.17, 15) is 9.59 Å². The van der Waals surface area contributed by atoms with Gasteiger partial charge in [0.05, 0.1) is 11.0 Å². The SMILES string of the molecule is O=C(NCCCc1nc2ccccc2[nH]1)c1cccc(NC(=O)C2CC2)c1. The standard InChI is InChI=1S/C21H22N4O2/c26-20(15-5-3-6-16(13-15)23-21(27)14-10-11-14)22-12-4-9-19-24-17-7-1-2-8-18(17)25-19/h1-3,5-8,13-14H,4,9-12H2,(H,22,26)(H,23,27)(H,24,25). The zero-order valence-corrected chi connectivity index (χ0v) is 15.0. The number of aryl methyl sites for hydroxylation is 1. The van der Waals surface area contributed by atoms with Crippen LogP contribution in [0.4, 0.5) is 5.69 Å². The van der Waals surface area contributed by atoms with Gasteiger partial charge in [-0.15, -0.1) is 0 Å². The quantitative estimate of drug-likeness (QED) is 0.564. The number of nitrogens with zero attached hydrogens (tertiary/aromatic N) is 1. The number of carbonyl (C=O) groups excluding carboxylic acids is 2. The highest BCUT2D eigenvalue weighted by Crippen LogP contribution is 2.30. The number of nitrogens with one attached hydrogen (secondary N) is 3. The van der Waals surface area contributed by atoms with Crippen LogP contribution in [0.15, 0.2) is 48.5 Å². The third-order valence-electron chi connectivity index (χ3n) is 4.65. The van der Waals surface area contributed by atoms with Crippen LogP contribution >= 0.6 is 0 Å². The third kappa shape index (κ3) is 4.34. The summed E-state index contributed by atoms with van der Waals surface area (Å²) in [6.07, 6.45) is 3.48. The molecule has 3 aromatic rings. The number of benzene rings is 2. The van der Waals surface area contributed by atoms with Crippen molar-refractivity contribution < 1.29 is 9.59 Å². The summed E-state index contributed by atoms with van der Waals surface area (Å²) in [7, 11) is 0. The second-order valence-corrected chi connectivity index (χ2v) is 6.90. The van der Waals surface area contributed by atoms with Crippen molar-refractivity contribution in [2.24, 2.45) is 5.92 Å². The lowest BCUT2D eigenvalue weighted by molar-refractivity contribution is -0.117. The molecule has 6 nitrogen and oxygen atoms in total. The molecule has 2 amide bonds. The zero-order chi connectivity index (χ0) is 18.6. The summed E-state index contributed by atoms with van der Waals surface area (Å²) in [5.41, 5.74) is 3.21. The van der Waals surface area contributed by atoms with Crippen LogP contribution in [0.3, 0.4) is 0 Å². The molecule has 4 rings (SSSR count). The number of hydrogen-bond acceptors (Lipinski definition) is 3. The molecule has 6 heteroatoms. The minimum atomic E-state index is -0.137. The fraction of sp³-hybridized carbons (Fsp3) is 0.286. The van der Waals surface area contributed by atoms with E-state index in [4.69, 9.17) is 0 Å². The van der Waals surface area contributed by atoms with Crippen molar-refractivity contribution in [2.45, 2.75) is 25.7 Å². The van der Waals surface area contributed by atoms with Crippen molar-refractivity contribution in [2.75, 3.05) is 11.9 Å². The number of rotatable bonds is 7. The first-order chi connectivity index (χ1) is 13.2. The summed E-state index contributed by atoms with van der Waals surface area (Å²) in [6.45, 7) is 0.564. The third-order valence-corrected chi connectivity index (χ3v) is 4.65. The molecule has 0 bridgehead atoms. The summed E-state index contributed by atoms with van der Waals surface area (Å²) in [5, 5.41) is 5.79. The second-order valence-electron chi connectivity index (χ2n) is 6.90. The Morgan fingerprint density at radius 3 is 2.78 bits per heavy atom. The normalized spacial score (nSPS) is 13.5. The second kappa shape index (κ2) is 7.61. The van der Waals surface area contributed by atoms with Gasteiger partial charge in [-0.1, -0.05) is 18.2 Å². The van der Waals surface area contributed by atoms with Gasteiger partial charge >= 0.3 is 0 Å². The number of aromatic nitrogens is 2. The van der Waals surface area contributed by atoms with E-state index in [1.165, 1.54) is 0 Å². The Morgan fingerprint density at radius 2 is 1.96 bits per heavy atom. The van der Waals surface area contributed by atoms with Gasteiger partial charge in [0.1, 0.15) is 5.82 Å². The lowest BCUT2D eigenvalue weighted by Crippen LogP contribution is -2.25. The molecule has 0 spiro atoms. The van der Waals surface area contributed by atoms with Crippen LogP contribution in [-0.2, 0) is 11.2 Å². The molecular formula is C21H22N4O2. The highest BCUT2D eigenvalue weighted by molar-refractivity contribution is 5.98. The van der Waals surface area contributed by atoms with Crippen LogP contribution < -0.4 is 10.6 Å². The molecule has 1 aliphatic carbocycles. The average molecular weight is 362 g/mol. The minimum Gasteiger partial charge on any atom is -0.352 e. The lowest BCUT2D eigenvalue weighted by Gasteiger charge is -2.08. The predicted molar refractivity (Wildman–Crippen MR) is 105 cm³/mol. The van der Waals surface area contributed by atoms with Crippen LogP contribution in [0.1, 0.15) is 35.4 Å².